The van der Waals surface area contributed by atoms with E-state index in [2.05, 4.69) is 18.8 Å². The molecule has 1 unspecified atom stereocenters. The molecule has 2 rings (SSSR count). The van der Waals surface area contributed by atoms with Gasteiger partial charge >= 0.3 is 0 Å². The Bertz CT molecular complexity index is 580. The Kier molecular flexibility index (Phi) is 4.15. The van der Waals surface area contributed by atoms with Crippen LogP contribution in [0.2, 0.25) is 0 Å². The molecule has 2 aromatic rings. The van der Waals surface area contributed by atoms with Crippen LogP contribution in [0.1, 0.15) is 37.6 Å². The average Bonchev–Trinajstić information content (AvgIpc) is 2.47. The quantitative estimate of drug-likeness (QED) is 0.839. The van der Waals surface area contributed by atoms with E-state index in [1.54, 1.807) is 6.20 Å². The average molecular weight is 256 g/mol. The number of aromatic nitrogens is 1. The Hall–Kier alpha value is -1.90. The van der Waals surface area contributed by atoms with Crippen LogP contribution in [-0.4, -0.2) is 28.4 Å². The lowest BCUT2D eigenvalue weighted by Crippen LogP contribution is -2.38. The van der Waals surface area contributed by atoms with Crippen molar-refractivity contribution in [1.29, 1.82) is 0 Å². The second kappa shape index (κ2) is 5.83. The van der Waals surface area contributed by atoms with Gasteiger partial charge in [0.05, 0.1) is 11.1 Å². The summed E-state index contributed by atoms with van der Waals surface area (Å²) >= 11 is 0. The van der Waals surface area contributed by atoms with E-state index in [0.717, 1.165) is 23.9 Å². The molecular formula is C16H20N2O. The number of carbonyl (C=O) groups excluding carboxylic acids is 1. The van der Waals surface area contributed by atoms with E-state index >= 15 is 0 Å². The van der Waals surface area contributed by atoms with Crippen LogP contribution in [0.5, 0.6) is 0 Å². The standard InChI is InChI=1S/C16H20N2O/c1-4-12(3)18(5-2)16(19)14-10-13-8-6-7-9-15(13)17-11-14/h6-12H,4-5H2,1-3H3. The molecule has 3 heteroatoms. The molecule has 0 fully saturated rings. The van der Waals surface area contributed by atoms with E-state index in [-0.39, 0.29) is 11.9 Å². The van der Waals surface area contributed by atoms with Gasteiger partial charge in [0.15, 0.2) is 0 Å². The fourth-order valence-electron chi connectivity index (χ4n) is 2.23. The molecule has 3 nitrogen and oxygen atoms in total. The number of nitrogens with zero attached hydrogens (tertiary/aromatic N) is 2. The van der Waals surface area contributed by atoms with Crippen molar-refractivity contribution in [3.63, 3.8) is 0 Å². The highest BCUT2D eigenvalue weighted by atomic mass is 16.2. The normalized spacial score (nSPS) is 12.4. The van der Waals surface area contributed by atoms with E-state index in [4.69, 9.17) is 0 Å². The minimum Gasteiger partial charge on any atom is -0.336 e. The van der Waals surface area contributed by atoms with Crippen molar-refractivity contribution in [2.75, 3.05) is 6.54 Å². The number of para-hydroxylation sites is 1. The fraction of sp³-hybridized carbons (Fsp3) is 0.375. The zero-order valence-electron chi connectivity index (χ0n) is 11.8. The predicted molar refractivity (Wildman–Crippen MR) is 78.2 cm³/mol. The van der Waals surface area contributed by atoms with Gasteiger partial charge in [-0.25, -0.2) is 0 Å². The van der Waals surface area contributed by atoms with Crippen LogP contribution in [0, 0.1) is 0 Å². The van der Waals surface area contributed by atoms with Gasteiger partial charge in [-0.2, -0.15) is 0 Å². The topological polar surface area (TPSA) is 33.2 Å². The molecule has 1 aromatic heterocycles. The van der Waals surface area contributed by atoms with E-state index in [9.17, 15) is 4.79 Å². The van der Waals surface area contributed by atoms with Crippen LogP contribution in [0.3, 0.4) is 0 Å². The van der Waals surface area contributed by atoms with Gasteiger partial charge in [0.2, 0.25) is 0 Å². The summed E-state index contributed by atoms with van der Waals surface area (Å²) in [7, 11) is 0. The van der Waals surface area contributed by atoms with Crippen molar-refractivity contribution in [1.82, 2.24) is 9.88 Å². The van der Waals surface area contributed by atoms with Crippen molar-refractivity contribution >= 4 is 16.8 Å². The lowest BCUT2D eigenvalue weighted by molar-refractivity contribution is 0.0699. The van der Waals surface area contributed by atoms with Crippen LogP contribution in [0.25, 0.3) is 10.9 Å². The predicted octanol–water partition coefficient (Wildman–Crippen LogP) is 3.50. The molecule has 0 aliphatic heterocycles. The minimum absolute atomic E-state index is 0.0649. The summed E-state index contributed by atoms with van der Waals surface area (Å²) in [5.74, 6) is 0.0649. The molecule has 0 aliphatic rings. The molecule has 0 spiro atoms. The van der Waals surface area contributed by atoms with Gasteiger partial charge < -0.3 is 4.90 Å². The Morgan fingerprint density at radius 3 is 2.74 bits per heavy atom. The summed E-state index contributed by atoms with van der Waals surface area (Å²) in [5.41, 5.74) is 1.59. The monoisotopic (exact) mass is 256 g/mol. The van der Waals surface area contributed by atoms with Gasteiger partial charge in [-0.05, 0) is 32.4 Å². The van der Waals surface area contributed by atoms with Crippen molar-refractivity contribution in [3.05, 3.63) is 42.1 Å². The molecular weight excluding hydrogens is 236 g/mol. The number of hydrogen-bond acceptors (Lipinski definition) is 2. The van der Waals surface area contributed by atoms with E-state index < -0.39 is 0 Å². The first-order valence-electron chi connectivity index (χ1n) is 6.83. The zero-order valence-corrected chi connectivity index (χ0v) is 11.8. The number of hydrogen-bond donors (Lipinski definition) is 0. The highest BCUT2D eigenvalue weighted by molar-refractivity contribution is 5.97. The minimum atomic E-state index is 0.0649. The molecule has 0 saturated heterocycles. The zero-order chi connectivity index (χ0) is 13.8. The molecule has 0 aliphatic carbocycles. The van der Waals surface area contributed by atoms with Crippen molar-refractivity contribution in [2.45, 2.75) is 33.2 Å². The van der Waals surface area contributed by atoms with Gasteiger partial charge in [-0.15, -0.1) is 0 Å². The Labute approximate surface area is 114 Å². The van der Waals surface area contributed by atoms with Gasteiger partial charge in [0.25, 0.3) is 5.91 Å². The molecule has 1 aromatic carbocycles. The van der Waals surface area contributed by atoms with Crippen LogP contribution in [-0.2, 0) is 0 Å². The maximum Gasteiger partial charge on any atom is 0.255 e. The number of benzene rings is 1. The molecule has 100 valence electrons. The Balaban J connectivity index is 2.35. The maximum absolute atomic E-state index is 12.5. The molecule has 1 amide bonds. The maximum atomic E-state index is 12.5. The van der Waals surface area contributed by atoms with E-state index in [1.165, 1.54) is 0 Å². The van der Waals surface area contributed by atoms with Crippen molar-refractivity contribution in [2.24, 2.45) is 0 Å². The summed E-state index contributed by atoms with van der Waals surface area (Å²) in [5, 5.41) is 1.01. The largest absolute Gasteiger partial charge is 0.336 e. The Morgan fingerprint density at radius 1 is 1.32 bits per heavy atom. The van der Waals surface area contributed by atoms with Gasteiger partial charge in [-0.3, -0.25) is 9.78 Å². The highest BCUT2D eigenvalue weighted by Gasteiger charge is 2.19. The lowest BCUT2D eigenvalue weighted by atomic mass is 10.1. The number of pyridine rings is 1. The van der Waals surface area contributed by atoms with Crippen LogP contribution < -0.4 is 0 Å². The molecule has 0 bridgehead atoms. The van der Waals surface area contributed by atoms with Crippen LogP contribution >= 0.6 is 0 Å². The molecule has 0 N–H and O–H groups in total. The van der Waals surface area contributed by atoms with Gasteiger partial charge in [-0.1, -0.05) is 25.1 Å². The van der Waals surface area contributed by atoms with Crippen molar-refractivity contribution < 1.29 is 4.79 Å². The lowest BCUT2D eigenvalue weighted by Gasteiger charge is -2.27. The fourth-order valence-corrected chi connectivity index (χ4v) is 2.23. The van der Waals surface area contributed by atoms with Crippen LogP contribution in [0.15, 0.2) is 36.5 Å². The summed E-state index contributed by atoms with van der Waals surface area (Å²) in [6, 6.07) is 10.0. The molecule has 1 atom stereocenters. The van der Waals surface area contributed by atoms with E-state index in [0.29, 0.717) is 5.56 Å². The third-order valence-electron chi connectivity index (χ3n) is 3.56. The first kappa shape index (κ1) is 13.5. The van der Waals surface area contributed by atoms with E-state index in [1.807, 2.05) is 42.2 Å². The molecule has 0 saturated carbocycles. The molecule has 0 radical (unpaired) electrons. The molecule has 1 heterocycles. The number of carbonyl (C=O) groups is 1. The second-order valence-corrected chi connectivity index (χ2v) is 4.77. The van der Waals surface area contributed by atoms with Gasteiger partial charge in [0, 0.05) is 24.2 Å². The summed E-state index contributed by atoms with van der Waals surface area (Å²) in [4.78, 5) is 18.8. The number of fused-ring (bicyclic) bond motifs is 1. The molecule has 19 heavy (non-hydrogen) atoms. The SMILES string of the molecule is CCC(C)N(CC)C(=O)c1cnc2ccccc2c1. The third kappa shape index (κ3) is 2.75. The number of amides is 1. The third-order valence-corrected chi connectivity index (χ3v) is 3.56. The summed E-state index contributed by atoms with van der Waals surface area (Å²) < 4.78 is 0. The first-order chi connectivity index (χ1) is 9.17. The first-order valence-corrected chi connectivity index (χ1v) is 6.83. The second-order valence-electron chi connectivity index (χ2n) is 4.77. The number of rotatable bonds is 4. The van der Waals surface area contributed by atoms with Gasteiger partial charge in [0.1, 0.15) is 0 Å². The highest BCUT2D eigenvalue weighted by Crippen LogP contribution is 2.15. The Morgan fingerprint density at radius 2 is 2.05 bits per heavy atom. The summed E-state index contributed by atoms with van der Waals surface area (Å²) in [6.07, 6.45) is 2.64. The smallest absolute Gasteiger partial charge is 0.255 e. The van der Waals surface area contributed by atoms with Crippen LogP contribution in [0.4, 0.5) is 0 Å². The summed E-state index contributed by atoms with van der Waals surface area (Å²) in [6.45, 7) is 6.91. The van der Waals surface area contributed by atoms with Crippen molar-refractivity contribution in [3.8, 4) is 0 Å².